The van der Waals surface area contributed by atoms with Crippen LogP contribution in [0.25, 0.3) is 45.0 Å². The van der Waals surface area contributed by atoms with E-state index in [4.69, 9.17) is 32.4 Å². The van der Waals surface area contributed by atoms with Crippen LogP contribution in [0, 0.1) is 23.3 Å². The molecule has 24 nitrogen and oxygen atoms in total. The number of carbonyl (C=O) groups excluding carboxylic acids is 4. The summed E-state index contributed by atoms with van der Waals surface area (Å²) in [6.45, 7) is 2.76. The van der Waals surface area contributed by atoms with Crippen LogP contribution in [0.3, 0.4) is 0 Å². The molecule has 8 aliphatic rings. The molecule has 20 rings (SSSR count). The van der Waals surface area contributed by atoms with Gasteiger partial charge in [0.2, 0.25) is 0 Å². The molecule has 6 aliphatic carbocycles. The highest BCUT2D eigenvalue weighted by Crippen LogP contribution is 2.46. The van der Waals surface area contributed by atoms with E-state index in [1.807, 2.05) is 121 Å². The molecule has 668 valence electrons. The van der Waals surface area contributed by atoms with E-state index in [9.17, 15) is 47.0 Å². The fourth-order valence-corrected chi connectivity index (χ4v) is 18.1. The zero-order valence-electron chi connectivity index (χ0n) is 71.8. The van der Waals surface area contributed by atoms with Crippen molar-refractivity contribution >= 4 is 46.9 Å². The van der Waals surface area contributed by atoms with Crippen LogP contribution in [0.4, 0.5) is 40.8 Å². The summed E-state index contributed by atoms with van der Waals surface area (Å²) in [7, 11) is 0. The number of anilines is 4. The number of nitrogens with one attached hydrogen (secondary N) is 4. The molecule has 6 heterocycles. The lowest BCUT2D eigenvalue weighted by Crippen LogP contribution is -2.27. The van der Waals surface area contributed by atoms with E-state index in [1.54, 1.807) is 49.1 Å². The fraction of sp³-hybridized carbons (Fsp3) is 0.333. The lowest BCUT2D eigenvalue weighted by molar-refractivity contribution is 0.0843. The summed E-state index contributed by atoms with van der Waals surface area (Å²) >= 11 is 0. The van der Waals surface area contributed by atoms with Crippen LogP contribution in [-0.4, -0.2) is 137 Å². The third kappa shape index (κ3) is 21.5. The van der Waals surface area contributed by atoms with Gasteiger partial charge in [-0.2, -0.15) is 0 Å². The number of amides is 4. The van der Waals surface area contributed by atoms with Gasteiger partial charge in [-0.25, -0.2) is 57.4 Å². The van der Waals surface area contributed by atoms with Crippen LogP contribution in [0.1, 0.15) is 237 Å². The number of ether oxygens (including phenoxy) is 2. The van der Waals surface area contributed by atoms with Crippen molar-refractivity contribution in [2.24, 2.45) is 0 Å². The van der Waals surface area contributed by atoms with Crippen molar-refractivity contribution in [3.8, 4) is 45.0 Å². The van der Waals surface area contributed by atoms with Crippen molar-refractivity contribution in [1.82, 2.24) is 61.1 Å². The Morgan fingerprint density at radius 3 is 0.731 bits per heavy atom. The first-order valence-electron chi connectivity index (χ1n) is 44.8. The number of halogens is 4. The molecule has 8 atom stereocenters. The van der Waals surface area contributed by atoms with Gasteiger partial charge in [-0.3, -0.25) is 19.2 Å². The predicted octanol–water partition coefficient (Wildman–Crippen LogP) is 16.4. The first kappa shape index (κ1) is 88.7. The highest BCUT2D eigenvalue weighted by Gasteiger charge is 2.44. The van der Waals surface area contributed by atoms with Crippen molar-refractivity contribution < 1.29 is 56.4 Å². The number of nitrogens with two attached hydrogens (primary N) is 4. The third-order valence-corrected chi connectivity index (χ3v) is 26.1. The number of nitrogen functional groups attached to an aromatic ring is 4. The Bertz CT molecular complexity index is 5680. The fourth-order valence-electron chi connectivity index (χ4n) is 18.1. The average molecular weight is 1760 g/mol. The summed E-state index contributed by atoms with van der Waals surface area (Å²) in [6.07, 6.45) is 19.4. The van der Waals surface area contributed by atoms with Gasteiger partial charge in [0.05, 0.1) is 82.0 Å². The Labute approximate surface area is 750 Å². The molecule has 4 amide bonds. The molecule has 2 saturated heterocycles. The zero-order valence-corrected chi connectivity index (χ0v) is 71.8. The smallest absolute Gasteiger partial charge is 0.254 e. The Morgan fingerprint density at radius 1 is 0.300 bits per heavy atom. The first-order chi connectivity index (χ1) is 63.2. The normalized spacial score (nSPS) is 22.5. The molecule has 8 fully saturated rings. The van der Waals surface area contributed by atoms with Crippen LogP contribution in [-0.2, 0) is 9.47 Å². The molecule has 14 N–H and O–H groups in total. The molecule has 6 saturated carbocycles. The molecule has 4 aromatic heterocycles. The van der Waals surface area contributed by atoms with E-state index in [0.29, 0.717) is 71.5 Å². The summed E-state index contributed by atoms with van der Waals surface area (Å²) in [6, 6.07) is 58.0. The van der Waals surface area contributed by atoms with Crippen molar-refractivity contribution in [2.45, 2.75) is 186 Å². The molecule has 28 heteroatoms. The topological polar surface area (TPSA) is 383 Å². The summed E-state index contributed by atoms with van der Waals surface area (Å²) in [4.78, 5) is 86.4. The number of aliphatic hydroxyl groups excluding tert-OH is 2. The van der Waals surface area contributed by atoms with Crippen molar-refractivity contribution in [1.29, 1.82) is 0 Å². The molecule has 130 heavy (non-hydrogen) atoms. The molecule has 0 spiro atoms. The third-order valence-electron chi connectivity index (χ3n) is 26.1. The monoisotopic (exact) mass is 1760 g/mol. The molecule has 2 aliphatic heterocycles. The Hall–Kier alpha value is -13.3. The van der Waals surface area contributed by atoms with Gasteiger partial charge in [-0.05, 0) is 174 Å². The maximum atomic E-state index is 14.9. The minimum Gasteiger partial charge on any atom is -0.393 e. The second kappa shape index (κ2) is 40.2. The SMILES string of the molecule is Nc1ncc(C2CCC(O)CC2)nc1-c1ccc(C(=O)N[C@@H]2C[C@H]2c2ccccc2)c(F)c1.Nc1ncc(C2CCC(O)CC2)nc1-c1ccc(C(=O)N[C@H]2C[C@@H]2c2ccccc2)c(F)c1.Nc1ncc(C2CCOCC2)nc1-c1ccc(C(=O)N[C@@H]2C[C@H]2c2ccccc2)c(F)c1.Nc1ncc(C2CCOCC2)nc1-c1ccc(C(=O)N[C@H]2CC2c2ccccc2)c(F)c1. The van der Waals surface area contributed by atoms with E-state index in [2.05, 4.69) is 61.1 Å². The summed E-state index contributed by atoms with van der Waals surface area (Å²) in [5.41, 5.74) is 35.9. The first-order valence-corrected chi connectivity index (χ1v) is 44.8. The van der Waals surface area contributed by atoms with Crippen molar-refractivity contribution in [3.05, 3.63) is 309 Å². The second-order valence-corrected chi connectivity index (χ2v) is 35.0. The highest BCUT2D eigenvalue weighted by molar-refractivity contribution is 5.98. The van der Waals surface area contributed by atoms with Gasteiger partial charge in [0.15, 0.2) is 0 Å². The molecular weight excluding hydrogens is 1650 g/mol. The number of hydrogen-bond donors (Lipinski definition) is 10. The van der Waals surface area contributed by atoms with Gasteiger partial charge in [0, 0.05) is 120 Å². The Kier molecular flexibility index (Phi) is 27.4. The van der Waals surface area contributed by atoms with Gasteiger partial charge in [-0.15, -0.1) is 0 Å². The quantitative estimate of drug-likeness (QED) is 0.0317. The Morgan fingerprint density at radius 2 is 0.515 bits per heavy atom. The largest absolute Gasteiger partial charge is 0.393 e. The maximum absolute atomic E-state index is 14.9. The summed E-state index contributed by atoms with van der Waals surface area (Å²) < 4.78 is 70.5. The maximum Gasteiger partial charge on any atom is 0.254 e. The van der Waals surface area contributed by atoms with Gasteiger partial charge in [0.25, 0.3) is 23.6 Å². The van der Waals surface area contributed by atoms with E-state index in [1.165, 1.54) is 70.8 Å². The van der Waals surface area contributed by atoms with Crippen molar-refractivity contribution in [3.63, 3.8) is 0 Å². The number of hydrogen-bond acceptors (Lipinski definition) is 20. The number of benzene rings is 8. The molecule has 1 unspecified atom stereocenters. The van der Waals surface area contributed by atoms with Crippen LogP contribution in [0.5, 0.6) is 0 Å². The van der Waals surface area contributed by atoms with Crippen LogP contribution in [0.2, 0.25) is 0 Å². The number of nitrogens with zero attached hydrogens (tertiary/aromatic N) is 8. The van der Waals surface area contributed by atoms with Gasteiger partial charge < -0.3 is 63.9 Å². The molecule has 0 radical (unpaired) electrons. The van der Waals surface area contributed by atoms with Gasteiger partial charge >= 0.3 is 0 Å². The van der Waals surface area contributed by atoms with E-state index in [0.717, 1.165) is 126 Å². The molecule has 0 bridgehead atoms. The minimum atomic E-state index is -0.616. The lowest BCUT2D eigenvalue weighted by atomic mass is 9.85. The minimum absolute atomic E-state index is 0.00131. The summed E-state index contributed by atoms with van der Waals surface area (Å²) in [5, 5.41) is 31.3. The van der Waals surface area contributed by atoms with Crippen LogP contribution >= 0.6 is 0 Å². The van der Waals surface area contributed by atoms with Crippen LogP contribution in [0.15, 0.2) is 219 Å². The Balaban J connectivity index is 0.000000121. The number of aromatic nitrogens is 8. The lowest BCUT2D eigenvalue weighted by Gasteiger charge is -2.25. The highest BCUT2D eigenvalue weighted by atomic mass is 19.1. The van der Waals surface area contributed by atoms with Crippen molar-refractivity contribution in [2.75, 3.05) is 49.4 Å². The molecule has 12 aromatic rings. The second-order valence-electron chi connectivity index (χ2n) is 35.0. The predicted molar refractivity (Wildman–Crippen MR) is 488 cm³/mol. The van der Waals surface area contributed by atoms with Gasteiger partial charge in [-0.1, -0.05) is 146 Å². The molecular formula is C102H104F4N16O8. The molecule has 8 aromatic carbocycles. The number of rotatable bonds is 20. The van der Waals surface area contributed by atoms with E-state index < -0.39 is 46.9 Å². The van der Waals surface area contributed by atoms with E-state index >= 15 is 0 Å². The summed E-state index contributed by atoms with van der Waals surface area (Å²) in [5.74, 6) is -1.17. The van der Waals surface area contributed by atoms with Gasteiger partial charge in [0.1, 0.15) is 69.3 Å². The zero-order chi connectivity index (χ0) is 90.1. The standard InChI is InChI=1S/2C26H27FN4O2.2C25H25FN4O2/c2*27-21-12-17(24-25(28)29-14-23(30-24)16-6-9-18(32)10-7-16)8-11-19(21)26(33)31-22-13-20(22)15-4-2-1-3-5-15;2*26-20-12-17(23-24(27)28-14-22(29-23)16-8-10-32-11-9-16)6-7-18(20)25(31)30-21-13-19(21)15-4-2-1-3-5-15/h2*1-5,8,11-12,14,16,18,20,22,32H,6-7,9-10,13H2,(H2,28,29)(H,31,33);2*1-7,12,14,16,19,21H,8-11,13H2,(H2,27,28)(H,30,31)/t2*16?,18?,20-,22+;19?,21-;19-,21+/m1000/s1. The van der Waals surface area contributed by atoms with Crippen LogP contribution < -0.4 is 44.2 Å². The number of carbonyl (C=O) groups is 4. The van der Waals surface area contributed by atoms with E-state index in [-0.39, 0.29) is 129 Å². The average Bonchev–Trinajstić information content (AvgIpc) is 1.50. The number of aliphatic hydroxyl groups is 2.